The first kappa shape index (κ1) is 14.0. The van der Waals surface area contributed by atoms with Crippen molar-refractivity contribution in [2.45, 2.75) is 39.0 Å². The van der Waals surface area contributed by atoms with Crippen molar-refractivity contribution < 1.29 is 4.39 Å². The van der Waals surface area contributed by atoms with Gasteiger partial charge in [0.25, 0.3) is 0 Å². The molecule has 0 aliphatic heterocycles. The largest absolute Gasteiger partial charge is 0.330 e. The molecule has 1 aliphatic rings. The van der Waals surface area contributed by atoms with Crippen LogP contribution in [0.4, 0.5) is 4.39 Å². The molecule has 0 heterocycles. The maximum absolute atomic E-state index is 13.3. The number of benzene rings is 1. The van der Waals surface area contributed by atoms with Crippen LogP contribution in [0.1, 0.15) is 38.2 Å². The molecule has 0 bridgehead atoms. The zero-order valence-electron chi connectivity index (χ0n) is 10.9. The normalized spacial score (nSPS) is 27.7. The van der Waals surface area contributed by atoms with E-state index in [0.29, 0.717) is 6.54 Å². The average Bonchev–Trinajstić information content (AvgIpc) is 2.78. The van der Waals surface area contributed by atoms with Crippen molar-refractivity contribution in [1.29, 1.82) is 0 Å². The maximum Gasteiger partial charge on any atom is 0.123 e. The van der Waals surface area contributed by atoms with E-state index in [1.807, 2.05) is 0 Å². The van der Waals surface area contributed by atoms with E-state index in [1.165, 1.54) is 31.7 Å². The number of nitrogens with two attached hydrogens (primary N) is 1. The summed E-state index contributed by atoms with van der Waals surface area (Å²) < 4.78 is 14.3. The SMILES string of the molecule is CCC1CCC(CN)(Cc2cc(F)ccc2Br)C1. The lowest BCUT2D eigenvalue weighted by Crippen LogP contribution is -2.30. The Morgan fingerprint density at radius 1 is 1.50 bits per heavy atom. The quantitative estimate of drug-likeness (QED) is 0.881. The molecule has 1 aromatic carbocycles. The highest BCUT2D eigenvalue weighted by Gasteiger charge is 2.37. The molecule has 0 saturated heterocycles. The van der Waals surface area contributed by atoms with E-state index in [1.54, 1.807) is 12.1 Å². The van der Waals surface area contributed by atoms with Gasteiger partial charge in [-0.1, -0.05) is 29.3 Å². The van der Waals surface area contributed by atoms with Crippen LogP contribution in [0.3, 0.4) is 0 Å². The van der Waals surface area contributed by atoms with Crippen LogP contribution in [0, 0.1) is 17.2 Å². The third-order valence-corrected chi connectivity index (χ3v) is 5.16. The predicted molar refractivity (Wildman–Crippen MR) is 76.9 cm³/mol. The molecule has 0 aromatic heterocycles. The van der Waals surface area contributed by atoms with Crippen LogP contribution in [-0.4, -0.2) is 6.54 Å². The van der Waals surface area contributed by atoms with E-state index in [9.17, 15) is 4.39 Å². The molecule has 1 nitrogen and oxygen atoms in total. The van der Waals surface area contributed by atoms with E-state index in [0.717, 1.165) is 22.4 Å². The van der Waals surface area contributed by atoms with E-state index in [-0.39, 0.29) is 11.2 Å². The molecule has 2 rings (SSSR count). The molecule has 1 aliphatic carbocycles. The highest BCUT2D eigenvalue weighted by atomic mass is 79.9. The van der Waals surface area contributed by atoms with Gasteiger partial charge >= 0.3 is 0 Å². The van der Waals surface area contributed by atoms with Crippen LogP contribution >= 0.6 is 15.9 Å². The Bertz CT molecular complexity index is 421. The van der Waals surface area contributed by atoms with Crippen LogP contribution < -0.4 is 5.73 Å². The van der Waals surface area contributed by atoms with Gasteiger partial charge in [-0.15, -0.1) is 0 Å². The second-order valence-corrected chi connectivity index (χ2v) is 6.49. The second-order valence-electron chi connectivity index (χ2n) is 5.63. The first-order valence-corrected chi connectivity index (χ1v) is 7.52. The van der Waals surface area contributed by atoms with Gasteiger partial charge in [0.15, 0.2) is 0 Å². The van der Waals surface area contributed by atoms with Gasteiger partial charge in [-0.05, 0) is 67.3 Å². The minimum atomic E-state index is -0.162. The summed E-state index contributed by atoms with van der Waals surface area (Å²) in [6, 6.07) is 4.92. The Kier molecular flexibility index (Phi) is 4.44. The van der Waals surface area contributed by atoms with Gasteiger partial charge in [-0.25, -0.2) is 4.39 Å². The van der Waals surface area contributed by atoms with E-state index >= 15 is 0 Å². The van der Waals surface area contributed by atoms with Crippen molar-refractivity contribution in [3.63, 3.8) is 0 Å². The van der Waals surface area contributed by atoms with Crippen LogP contribution in [0.25, 0.3) is 0 Å². The van der Waals surface area contributed by atoms with Crippen molar-refractivity contribution in [2.24, 2.45) is 17.1 Å². The fourth-order valence-electron chi connectivity index (χ4n) is 3.18. The molecule has 2 N–H and O–H groups in total. The van der Waals surface area contributed by atoms with Gasteiger partial charge in [0, 0.05) is 4.47 Å². The lowest BCUT2D eigenvalue weighted by atomic mass is 9.79. The third kappa shape index (κ3) is 2.94. The first-order valence-electron chi connectivity index (χ1n) is 6.72. The minimum absolute atomic E-state index is 0.162. The van der Waals surface area contributed by atoms with Crippen molar-refractivity contribution in [3.05, 3.63) is 34.1 Å². The van der Waals surface area contributed by atoms with Gasteiger partial charge in [0.1, 0.15) is 5.82 Å². The van der Waals surface area contributed by atoms with Gasteiger partial charge in [-0.2, -0.15) is 0 Å². The summed E-state index contributed by atoms with van der Waals surface area (Å²) in [5.74, 6) is 0.631. The standard InChI is InChI=1S/C15H21BrFN/c1-2-11-5-6-15(8-11,10-18)9-12-7-13(17)3-4-14(12)16/h3-4,7,11H,2,5-6,8-10,18H2,1H3. The summed E-state index contributed by atoms with van der Waals surface area (Å²) in [5, 5.41) is 0. The Hall–Kier alpha value is -0.410. The fraction of sp³-hybridized carbons (Fsp3) is 0.600. The Balaban J connectivity index is 2.18. The smallest absolute Gasteiger partial charge is 0.123 e. The molecular weight excluding hydrogens is 293 g/mol. The predicted octanol–water partition coefficient (Wildman–Crippen LogP) is 4.29. The zero-order chi connectivity index (χ0) is 13.2. The van der Waals surface area contributed by atoms with Crippen molar-refractivity contribution in [2.75, 3.05) is 6.54 Å². The molecule has 100 valence electrons. The number of halogens is 2. The lowest BCUT2D eigenvalue weighted by molar-refractivity contribution is 0.290. The number of hydrogen-bond acceptors (Lipinski definition) is 1. The van der Waals surface area contributed by atoms with E-state index in [4.69, 9.17) is 5.73 Å². The van der Waals surface area contributed by atoms with Crippen LogP contribution in [0.15, 0.2) is 22.7 Å². The van der Waals surface area contributed by atoms with Crippen molar-refractivity contribution in [1.82, 2.24) is 0 Å². The molecule has 0 radical (unpaired) electrons. The highest BCUT2D eigenvalue weighted by molar-refractivity contribution is 9.10. The second kappa shape index (κ2) is 5.70. The molecular formula is C15H21BrFN. The Morgan fingerprint density at radius 2 is 2.28 bits per heavy atom. The molecule has 1 aromatic rings. The Labute approximate surface area is 117 Å². The molecule has 3 heteroatoms. The van der Waals surface area contributed by atoms with Crippen LogP contribution in [-0.2, 0) is 6.42 Å². The topological polar surface area (TPSA) is 26.0 Å². The number of hydrogen-bond donors (Lipinski definition) is 1. The summed E-state index contributed by atoms with van der Waals surface area (Å²) in [6.07, 6.45) is 5.74. The summed E-state index contributed by atoms with van der Waals surface area (Å²) in [6.45, 7) is 2.95. The maximum atomic E-state index is 13.3. The average molecular weight is 314 g/mol. The van der Waals surface area contributed by atoms with Crippen LogP contribution in [0.2, 0.25) is 0 Å². The van der Waals surface area contributed by atoms with E-state index < -0.39 is 0 Å². The first-order chi connectivity index (χ1) is 8.58. The van der Waals surface area contributed by atoms with Gasteiger partial charge < -0.3 is 5.73 Å². The molecule has 1 saturated carbocycles. The van der Waals surface area contributed by atoms with Gasteiger partial charge in [-0.3, -0.25) is 0 Å². The van der Waals surface area contributed by atoms with Crippen molar-refractivity contribution >= 4 is 15.9 Å². The van der Waals surface area contributed by atoms with E-state index in [2.05, 4.69) is 22.9 Å². The number of rotatable bonds is 4. The molecule has 2 atom stereocenters. The summed E-state index contributed by atoms with van der Waals surface area (Å²) in [5.41, 5.74) is 7.24. The molecule has 0 amide bonds. The minimum Gasteiger partial charge on any atom is -0.330 e. The Morgan fingerprint density at radius 3 is 2.89 bits per heavy atom. The third-order valence-electron chi connectivity index (χ3n) is 4.39. The summed E-state index contributed by atoms with van der Waals surface area (Å²) >= 11 is 3.52. The summed E-state index contributed by atoms with van der Waals surface area (Å²) in [7, 11) is 0. The van der Waals surface area contributed by atoms with Crippen molar-refractivity contribution in [3.8, 4) is 0 Å². The molecule has 0 spiro atoms. The van der Waals surface area contributed by atoms with Crippen LogP contribution in [0.5, 0.6) is 0 Å². The molecule has 18 heavy (non-hydrogen) atoms. The van der Waals surface area contributed by atoms with Gasteiger partial charge in [0.05, 0.1) is 0 Å². The zero-order valence-corrected chi connectivity index (χ0v) is 12.5. The lowest BCUT2D eigenvalue weighted by Gasteiger charge is -2.28. The molecule has 2 unspecified atom stereocenters. The highest BCUT2D eigenvalue weighted by Crippen LogP contribution is 2.45. The monoisotopic (exact) mass is 313 g/mol. The molecule has 1 fully saturated rings. The summed E-state index contributed by atoms with van der Waals surface area (Å²) in [4.78, 5) is 0. The fourth-order valence-corrected chi connectivity index (χ4v) is 3.56. The van der Waals surface area contributed by atoms with Gasteiger partial charge in [0.2, 0.25) is 0 Å².